The monoisotopic (exact) mass is 139 g/mol. The summed E-state index contributed by atoms with van der Waals surface area (Å²) in [5.74, 6) is 0. The Morgan fingerprint density at radius 1 is 1.44 bits per heavy atom. The highest BCUT2D eigenvalue weighted by atomic mass is 19.4. The molecule has 0 saturated heterocycles. The van der Waals surface area contributed by atoms with E-state index in [0.717, 1.165) is 0 Å². The van der Waals surface area contributed by atoms with Gasteiger partial charge >= 0.3 is 6.18 Å². The van der Waals surface area contributed by atoms with Gasteiger partial charge in [-0.05, 0) is 0 Å². The van der Waals surface area contributed by atoms with Crippen LogP contribution in [0.3, 0.4) is 0 Å². The molecule has 0 aliphatic rings. The predicted octanol–water partition coefficient (Wildman–Crippen LogP) is 1.09. The van der Waals surface area contributed by atoms with Crippen LogP contribution in [0.25, 0.3) is 0 Å². The molecule has 0 heterocycles. The van der Waals surface area contributed by atoms with Crippen molar-refractivity contribution in [2.75, 3.05) is 13.2 Å². The van der Waals surface area contributed by atoms with E-state index in [9.17, 15) is 13.2 Å². The molecule has 0 atom stereocenters. The summed E-state index contributed by atoms with van der Waals surface area (Å²) in [6.45, 7) is -1.86. The standard InChI is InChI=1S/C4H4F3NO/c5-4(6,7)3-9-2-1-8/h2-3H2. The highest BCUT2D eigenvalue weighted by Gasteiger charge is 2.27. The van der Waals surface area contributed by atoms with Crippen LogP contribution in [0.1, 0.15) is 0 Å². The topological polar surface area (TPSA) is 33.0 Å². The molecular formula is C4H4F3NO. The highest BCUT2D eigenvalue weighted by Crippen LogP contribution is 2.13. The Balaban J connectivity index is 3.20. The number of hydrogen-bond acceptors (Lipinski definition) is 2. The number of rotatable bonds is 2. The summed E-state index contributed by atoms with van der Waals surface area (Å²) in [6.07, 6.45) is -4.32. The Morgan fingerprint density at radius 2 is 2.00 bits per heavy atom. The zero-order valence-electron chi connectivity index (χ0n) is 4.40. The Bertz CT molecular complexity index is 114. The average Bonchev–Trinajstić information content (AvgIpc) is 1.63. The van der Waals surface area contributed by atoms with Gasteiger partial charge in [0, 0.05) is 0 Å². The third-order valence-electron chi connectivity index (χ3n) is 0.432. The lowest BCUT2D eigenvalue weighted by molar-refractivity contribution is -0.170. The summed E-state index contributed by atoms with van der Waals surface area (Å²) in [6, 6.07) is 1.42. The van der Waals surface area contributed by atoms with E-state index < -0.39 is 19.4 Å². The average molecular weight is 139 g/mol. The molecule has 0 spiro atoms. The fourth-order valence-corrected chi connectivity index (χ4v) is 0.212. The largest absolute Gasteiger partial charge is 0.411 e. The van der Waals surface area contributed by atoms with Crippen molar-refractivity contribution in [1.29, 1.82) is 5.26 Å². The maximum Gasteiger partial charge on any atom is 0.411 e. The van der Waals surface area contributed by atoms with Crippen molar-refractivity contribution in [2.24, 2.45) is 0 Å². The molecule has 0 rings (SSSR count). The van der Waals surface area contributed by atoms with Gasteiger partial charge in [-0.2, -0.15) is 18.4 Å². The second-order valence-corrected chi connectivity index (χ2v) is 1.27. The number of alkyl halides is 3. The van der Waals surface area contributed by atoms with Crippen LogP contribution < -0.4 is 0 Å². The summed E-state index contributed by atoms with van der Waals surface area (Å²) in [4.78, 5) is 0. The third-order valence-corrected chi connectivity index (χ3v) is 0.432. The molecule has 2 nitrogen and oxygen atoms in total. The molecule has 0 fully saturated rings. The number of hydrogen-bond donors (Lipinski definition) is 0. The van der Waals surface area contributed by atoms with Crippen molar-refractivity contribution in [2.45, 2.75) is 6.18 Å². The molecule has 0 saturated carbocycles. The second-order valence-electron chi connectivity index (χ2n) is 1.27. The van der Waals surface area contributed by atoms with Crippen LogP contribution in [-0.4, -0.2) is 19.4 Å². The minimum Gasteiger partial charge on any atom is -0.357 e. The Morgan fingerprint density at radius 3 is 2.33 bits per heavy atom. The van der Waals surface area contributed by atoms with E-state index in [0.29, 0.717) is 0 Å². The van der Waals surface area contributed by atoms with Gasteiger partial charge in [0.15, 0.2) is 0 Å². The fourth-order valence-electron chi connectivity index (χ4n) is 0.212. The molecule has 9 heavy (non-hydrogen) atoms. The lowest BCUT2D eigenvalue weighted by atomic mass is 10.7. The van der Waals surface area contributed by atoms with Crippen molar-refractivity contribution in [3.05, 3.63) is 0 Å². The molecule has 0 radical (unpaired) electrons. The molecule has 0 unspecified atom stereocenters. The SMILES string of the molecule is N#CCOCC(F)(F)F. The van der Waals surface area contributed by atoms with Crippen molar-refractivity contribution in [3.8, 4) is 6.07 Å². The lowest BCUT2D eigenvalue weighted by Crippen LogP contribution is -2.16. The van der Waals surface area contributed by atoms with Crippen LogP contribution in [0.15, 0.2) is 0 Å². The first-order chi connectivity index (χ1) is 4.06. The molecule has 0 aromatic rings. The molecule has 0 bridgehead atoms. The summed E-state index contributed by atoms with van der Waals surface area (Å²) < 4.78 is 37.3. The molecule has 0 aliphatic heterocycles. The molecule has 0 amide bonds. The van der Waals surface area contributed by atoms with Gasteiger partial charge in [0.05, 0.1) is 6.07 Å². The van der Waals surface area contributed by atoms with E-state index in [2.05, 4.69) is 4.74 Å². The van der Waals surface area contributed by atoms with Gasteiger partial charge in [0.2, 0.25) is 0 Å². The Hall–Kier alpha value is -0.760. The van der Waals surface area contributed by atoms with Gasteiger partial charge in [-0.15, -0.1) is 0 Å². The van der Waals surface area contributed by atoms with Gasteiger partial charge in [-0.3, -0.25) is 0 Å². The van der Waals surface area contributed by atoms with Gasteiger partial charge in [-0.1, -0.05) is 0 Å². The Kier molecular flexibility index (Phi) is 3.02. The normalized spacial score (nSPS) is 10.9. The number of nitriles is 1. The number of halogens is 3. The van der Waals surface area contributed by atoms with Crippen LogP contribution in [0.4, 0.5) is 13.2 Å². The first kappa shape index (κ1) is 8.24. The molecule has 0 aromatic heterocycles. The second kappa shape index (κ2) is 3.30. The minimum absolute atomic E-state index is 0.514. The summed E-state index contributed by atoms with van der Waals surface area (Å²) in [5, 5.41) is 7.72. The molecule has 0 aliphatic carbocycles. The van der Waals surface area contributed by atoms with Crippen LogP contribution in [0.5, 0.6) is 0 Å². The van der Waals surface area contributed by atoms with E-state index in [1.165, 1.54) is 6.07 Å². The summed E-state index contributed by atoms with van der Waals surface area (Å²) >= 11 is 0. The molecule has 0 aromatic carbocycles. The lowest BCUT2D eigenvalue weighted by Gasteiger charge is -2.02. The molecule has 0 N–H and O–H groups in total. The molecule has 52 valence electrons. The zero-order valence-corrected chi connectivity index (χ0v) is 4.40. The van der Waals surface area contributed by atoms with E-state index in [-0.39, 0.29) is 0 Å². The molecule has 5 heteroatoms. The van der Waals surface area contributed by atoms with Gasteiger partial charge < -0.3 is 4.74 Å². The third kappa shape index (κ3) is 7.24. The Labute approximate surface area is 49.8 Å². The maximum absolute atomic E-state index is 11.1. The van der Waals surface area contributed by atoms with Gasteiger partial charge in [0.1, 0.15) is 13.2 Å². The van der Waals surface area contributed by atoms with Crippen LogP contribution in [-0.2, 0) is 4.74 Å². The van der Waals surface area contributed by atoms with Crippen LogP contribution in [0, 0.1) is 11.3 Å². The van der Waals surface area contributed by atoms with Crippen molar-refractivity contribution in [1.82, 2.24) is 0 Å². The fraction of sp³-hybridized carbons (Fsp3) is 0.750. The van der Waals surface area contributed by atoms with E-state index in [1.54, 1.807) is 0 Å². The molecular weight excluding hydrogens is 135 g/mol. The van der Waals surface area contributed by atoms with Crippen LogP contribution >= 0.6 is 0 Å². The maximum atomic E-state index is 11.1. The van der Waals surface area contributed by atoms with Gasteiger partial charge in [-0.25, -0.2) is 0 Å². The van der Waals surface area contributed by atoms with Crippen molar-refractivity contribution in [3.63, 3.8) is 0 Å². The highest BCUT2D eigenvalue weighted by molar-refractivity contribution is 4.66. The van der Waals surface area contributed by atoms with Crippen molar-refractivity contribution < 1.29 is 17.9 Å². The van der Waals surface area contributed by atoms with E-state index in [4.69, 9.17) is 5.26 Å². The number of ether oxygens (including phenoxy) is 1. The zero-order chi connectivity index (χ0) is 7.33. The van der Waals surface area contributed by atoms with E-state index in [1.807, 2.05) is 0 Å². The smallest absolute Gasteiger partial charge is 0.357 e. The predicted molar refractivity (Wildman–Crippen MR) is 22.5 cm³/mol. The number of nitrogens with zero attached hydrogens (tertiary/aromatic N) is 1. The first-order valence-electron chi connectivity index (χ1n) is 2.08. The van der Waals surface area contributed by atoms with Crippen LogP contribution in [0.2, 0.25) is 0 Å². The van der Waals surface area contributed by atoms with E-state index >= 15 is 0 Å². The summed E-state index contributed by atoms with van der Waals surface area (Å²) in [7, 11) is 0. The first-order valence-corrected chi connectivity index (χ1v) is 2.08. The summed E-state index contributed by atoms with van der Waals surface area (Å²) in [5.41, 5.74) is 0. The van der Waals surface area contributed by atoms with Crippen molar-refractivity contribution >= 4 is 0 Å². The van der Waals surface area contributed by atoms with Gasteiger partial charge in [0.25, 0.3) is 0 Å². The quantitative estimate of drug-likeness (QED) is 0.536. The minimum atomic E-state index is -4.32.